The Morgan fingerprint density at radius 3 is 2.84 bits per heavy atom. The molecule has 0 radical (unpaired) electrons. The molecule has 2 saturated heterocycles. The Labute approximate surface area is 117 Å². The molecule has 2 aliphatic rings. The molecule has 19 heavy (non-hydrogen) atoms. The van der Waals surface area contributed by atoms with E-state index in [0.717, 1.165) is 38.5 Å². The molecule has 0 bridgehead atoms. The fourth-order valence-electron chi connectivity index (χ4n) is 3.33. The van der Waals surface area contributed by atoms with Gasteiger partial charge in [0.2, 0.25) is 5.91 Å². The molecule has 2 N–H and O–H groups in total. The number of nitrogens with zero attached hydrogens (tertiary/aromatic N) is 1. The largest absolute Gasteiger partial charge is 0.356 e. The number of hydrogen-bond acceptors (Lipinski definition) is 3. The van der Waals surface area contributed by atoms with E-state index >= 15 is 0 Å². The molecular weight excluding hydrogens is 238 g/mol. The summed E-state index contributed by atoms with van der Waals surface area (Å²) in [4.78, 5) is 14.6. The quantitative estimate of drug-likeness (QED) is 0.739. The Hall–Kier alpha value is -0.610. The SMILES string of the molecule is CC1NCCC1C(=O)NCCCN1CCCCC1C. The van der Waals surface area contributed by atoms with Gasteiger partial charge >= 0.3 is 0 Å². The van der Waals surface area contributed by atoms with E-state index in [1.807, 2.05) is 0 Å². The van der Waals surface area contributed by atoms with Crippen molar-refractivity contribution in [1.29, 1.82) is 0 Å². The van der Waals surface area contributed by atoms with Crippen LogP contribution in [0.1, 0.15) is 46.0 Å². The van der Waals surface area contributed by atoms with Crippen molar-refractivity contribution in [3.63, 3.8) is 0 Å². The minimum absolute atomic E-state index is 0.175. The molecule has 0 saturated carbocycles. The molecule has 3 atom stereocenters. The lowest BCUT2D eigenvalue weighted by atomic mass is 10.0. The maximum absolute atomic E-state index is 12.0. The van der Waals surface area contributed by atoms with Crippen LogP contribution < -0.4 is 10.6 Å². The number of hydrogen-bond donors (Lipinski definition) is 2. The highest BCUT2D eigenvalue weighted by Gasteiger charge is 2.28. The van der Waals surface area contributed by atoms with E-state index in [9.17, 15) is 4.79 Å². The molecule has 3 unspecified atom stereocenters. The highest BCUT2D eigenvalue weighted by Crippen LogP contribution is 2.16. The zero-order valence-corrected chi connectivity index (χ0v) is 12.5. The Morgan fingerprint density at radius 2 is 2.16 bits per heavy atom. The van der Waals surface area contributed by atoms with Gasteiger partial charge in [0, 0.05) is 25.2 Å². The van der Waals surface area contributed by atoms with E-state index in [-0.39, 0.29) is 11.8 Å². The summed E-state index contributed by atoms with van der Waals surface area (Å²) in [5.41, 5.74) is 0. The number of nitrogens with one attached hydrogen (secondary N) is 2. The number of carbonyl (C=O) groups is 1. The predicted octanol–water partition coefficient (Wildman–Crippen LogP) is 1.37. The van der Waals surface area contributed by atoms with Crippen molar-refractivity contribution in [3.05, 3.63) is 0 Å². The second-order valence-electron chi connectivity index (χ2n) is 6.16. The van der Waals surface area contributed by atoms with Gasteiger partial charge in [-0.1, -0.05) is 6.42 Å². The smallest absolute Gasteiger partial charge is 0.224 e. The van der Waals surface area contributed by atoms with Crippen molar-refractivity contribution in [3.8, 4) is 0 Å². The lowest BCUT2D eigenvalue weighted by Crippen LogP contribution is -2.40. The van der Waals surface area contributed by atoms with Gasteiger partial charge in [0.15, 0.2) is 0 Å². The molecule has 2 heterocycles. The van der Waals surface area contributed by atoms with Crippen molar-refractivity contribution < 1.29 is 4.79 Å². The Balaban J connectivity index is 1.59. The second-order valence-corrected chi connectivity index (χ2v) is 6.16. The molecule has 4 heteroatoms. The summed E-state index contributed by atoms with van der Waals surface area (Å²) in [5, 5.41) is 6.43. The van der Waals surface area contributed by atoms with Gasteiger partial charge in [-0.05, 0) is 52.6 Å². The van der Waals surface area contributed by atoms with Crippen molar-refractivity contribution >= 4 is 5.91 Å². The van der Waals surface area contributed by atoms with Crippen LogP contribution in [0, 0.1) is 5.92 Å². The molecule has 2 aliphatic heterocycles. The zero-order chi connectivity index (χ0) is 13.7. The second kappa shape index (κ2) is 7.25. The third-order valence-corrected chi connectivity index (χ3v) is 4.72. The van der Waals surface area contributed by atoms with E-state index < -0.39 is 0 Å². The van der Waals surface area contributed by atoms with E-state index in [4.69, 9.17) is 0 Å². The van der Waals surface area contributed by atoms with Crippen molar-refractivity contribution in [2.45, 2.75) is 58.0 Å². The van der Waals surface area contributed by atoms with Crippen LogP contribution in [0.5, 0.6) is 0 Å². The van der Waals surface area contributed by atoms with Crippen molar-refractivity contribution in [2.75, 3.05) is 26.2 Å². The first kappa shape index (κ1) is 14.8. The first-order valence-electron chi connectivity index (χ1n) is 7.93. The van der Waals surface area contributed by atoms with Gasteiger partial charge < -0.3 is 15.5 Å². The van der Waals surface area contributed by atoms with Gasteiger partial charge in [-0.2, -0.15) is 0 Å². The van der Waals surface area contributed by atoms with E-state index in [2.05, 4.69) is 29.4 Å². The fraction of sp³-hybridized carbons (Fsp3) is 0.933. The van der Waals surface area contributed by atoms with Crippen LogP contribution in [0.2, 0.25) is 0 Å². The van der Waals surface area contributed by atoms with Crippen LogP contribution in [-0.4, -0.2) is 49.1 Å². The maximum Gasteiger partial charge on any atom is 0.224 e. The summed E-state index contributed by atoms with van der Waals surface area (Å²) >= 11 is 0. The molecule has 4 nitrogen and oxygen atoms in total. The highest BCUT2D eigenvalue weighted by molar-refractivity contribution is 5.79. The van der Waals surface area contributed by atoms with Gasteiger partial charge in [-0.15, -0.1) is 0 Å². The molecular formula is C15H29N3O. The molecule has 0 aromatic carbocycles. The zero-order valence-electron chi connectivity index (χ0n) is 12.5. The van der Waals surface area contributed by atoms with Crippen LogP contribution in [0.3, 0.4) is 0 Å². The molecule has 110 valence electrons. The monoisotopic (exact) mass is 267 g/mol. The van der Waals surface area contributed by atoms with Crippen LogP contribution in [-0.2, 0) is 4.79 Å². The summed E-state index contributed by atoms with van der Waals surface area (Å²) in [5.74, 6) is 0.415. The maximum atomic E-state index is 12.0. The summed E-state index contributed by atoms with van der Waals surface area (Å²) in [7, 11) is 0. The lowest BCUT2D eigenvalue weighted by molar-refractivity contribution is -0.125. The fourth-order valence-corrected chi connectivity index (χ4v) is 3.33. The minimum Gasteiger partial charge on any atom is -0.356 e. The predicted molar refractivity (Wildman–Crippen MR) is 78.1 cm³/mol. The molecule has 2 rings (SSSR count). The molecule has 1 amide bonds. The minimum atomic E-state index is 0.175. The average molecular weight is 267 g/mol. The topological polar surface area (TPSA) is 44.4 Å². The molecule has 2 fully saturated rings. The molecule has 0 aromatic rings. The summed E-state index contributed by atoms with van der Waals surface area (Å²) < 4.78 is 0. The standard InChI is InChI=1S/C15H29N3O/c1-12-6-3-4-10-18(12)11-5-8-17-15(19)14-7-9-16-13(14)2/h12-14,16H,3-11H2,1-2H3,(H,17,19). The molecule has 0 aliphatic carbocycles. The third kappa shape index (κ3) is 4.18. The van der Waals surface area contributed by atoms with Gasteiger partial charge in [-0.3, -0.25) is 4.79 Å². The normalized spacial score (nSPS) is 32.4. The number of amides is 1. The van der Waals surface area contributed by atoms with E-state index in [0.29, 0.717) is 6.04 Å². The van der Waals surface area contributed by atoms with E-state index in [1.165, 1.54) is 25.8 Å². The number of carbonyl (C=O) groups excluding carboxylic acids is 1. The molecule has 0 spiro atoms. The number of likely N-dealkylation sites (tertiary alicyclic amines) is 1. The third-order valence-electron chi connectivity index (χ3n) is 4.72. The van der Waals surface area contributed by atoms with Crippen LogP contribution in [0.25, 0.3) is 0 Å². The van der Waals surface area contributed by atoms with Crippen LogP contribution in [0.4, 0.5) is 0 Å². The van der Waals surface area contributed by atoms with Crippen molar-refractivity contribution in [2.24, 2.45) is 5.92 Å². The molecule has 0 aromatic heterocycles. The Morgan fingerprint density at radius 1 is 1.32 bits per heavy atom. The average Bonchev–Trinajstić information content (AvgIpc) is 2.82. The van der Waals surface area contributed by atoms with Gasteiger partial charge in [0.1, 0.15) is 0 Å². The van der Waals surface area contributed by atoms with Crippen LogP contribution >= 0.6 is 0 Å². The summed E-state index contributed by atoms with van der Waals surface area (Å²) in [6.07, 6.45) is 6.10. The summed E-state index contributed by atoms with van der Waals surface area (Å²) in [6, 6.07) is 1.06. The highest BCUT2D eigenvalue weighted by atomic mass is 16.1. The first-order chi connectivity index (χ1) is 9.18. The Bertz CT molecular complexity index is 295. The lowest BCUT2D eigenvalue weighted by Gasteiger charge is -2.33. The van der Waals surface area contributed by atoms with Gasteiger partial charge in [-0.25, -0.2) is 0 Å². The van der Waals surface area contributed by atoms with Crippen LogP contribution in [0.15, 0.2) is 0 Å². The van der Waals surface area contributed by atoms with Gasteiger partial charge in [0.05, 0.1) is 5.92 Å². The Kier molecular flexibility index (Phi) is 5.64. The van der Waals surface area contributed by atoms with Crippen molar-refractivity contribution in [1.82, 2.24) is 15.5 Å². The summed E-state index contributed by atoms with van der Waals surface area (Å²) in [6.45, 7) is 8.59. The number of piperidine rings is 1. The van der Waals surface area contributed by atoms with Gasteiger partial charge in [0.25, 0.3) is 0 Å². The first-order valence-corrected chi connectivity index (χ1v) is 7.93. The number of rotatable bonds is 5. The van der Waals surface area contributed by atoms with E-state index in [1.54, 1.807) is 0 Å².